The Bertz CT molecular complexity index is 440. The maximum atomic E-state index is 13.7. The fourth-order valence-electron chi connectivity index (χ4n) is 1.79. The van der Waals surface area contributed by atoms with Gasteiger partial charge in [-0.1, -0.05) is 6.07 Å². The van der Waals surface area contributed by atoms with Crippen LogP contribution >= 0.6 is 0 Å². The van der Waals surface area contributed by atoms with Crippen molar-refractivity contribution in [1.82, 2.24) is 10.6 Å². The van der Waals surface area contributed by atoms with Crippen LogP contribution in [0.5, 0.6) is 0 Å². The highest BCUT2D eigenvalue weighted by Crippen LogP contribution is 2.19. The Kier molecular flexibility index (Phi) is 6.97. The zero-order valence-corrected chi connectivity index (χ0v) is 11.9. The van der Waals surface area contributed by atoms with E-state index in [2.05, 4.69) is 10.6 Å². The Labute approximate surface area is 118 Å². The van der Waals surface area contributed by atoms with Gasteiger partial charge < -0.3 is 20.6 Å². The van der Waals surface area contributed by atoms with Crippen LogP contribution in [0.3, 0.4) is 0 Å². The van der Waals surface area contributed by atoms with Crippen LogP contribution in [0.2, 0.25) is 0 Å². The summed E-state index contributed by atoms with van der Waals surface area (Å²) in [7, 11) is 1.74. The van der Waals surface area contributed by atoms with Crippen molar-refractivity contribution in [3.63, 3.8) is 0 Å². The van der Waals surface area contributed by atoms with E-state index in [1.807, 2.05) is 0 Å². The Morgan fingerprint density at radius 1 is 1.40 bits per heavy atom. The van der Waals surface area contributed by atoms with Gasteiger partial charge in [-0.15, -0.1) is 0 Å². The van der Waals surface area contributed by atoms with Gasteiger partial charge in [0.2, 0.25) is 5.91 Å². The summed E-state index contributed by atoms with van der Waals surface area (Å²) in [6.45, 7) is 3.65. The first-order valence-electron chi connectivity index (χ1n) is 6.60. The number of aliphatic hydroxyl groups excluding tert-OH is 1. The molecule has 112 valence electrons. The van der Waals surface area contributed by atoms with Gasteiger partial charge in [-0.3, -0.25) is 4.79 Å². The Morgan fingerprint density at radius 2 is 2.15 bits per heavy atom. The summed E-state index contributed by atoms with van der Waals surface area (Å²) in [4.78, 5) is 12.4. The van der Waals surface area contributed by atoms with Gasteiger partial charge in [0.1, 0.15) is 5.82 Å². The van der Waals surface area contributed by atoms with Gasteiger partial charge in [0.05, 0.1) is 12.3 Å². The summed E-state index contributed by atoms with van der Waals surface area (Å²) in [6.07, 6.45) is 0. The van der Waals surface area contributed by atoms with E-state index in [1.54, 1.807) is 24.1 Å². The lowest BCUT2D eigenvalue weighted by Gasteiger charge is -2.19. The number of likely N-dealkylation sites (N-methyl/N-ethyl adjacent to an activating group) is 1. The average molecular weight is 283 g/mol. The standard InChI is InChI=1S/C14H22FN3O2/c1-11(20)17-6-5-16-10-12-3-4-13(15)14(9-12)18(2)7-8-19/h3-4,9,16,19H,5-8,10H2,1-2H3,(H,17,20). The van der Waals surface area contributed by atoms with Crippen molar-refractivity contribution in [3.8, 4) is 0 Å². The first-order valence-corrected chi connectivity index (χ1v) is 6.60. The molecule has 0 spiro atoms. The molecule has 0 heterocycles. The minimum atomic E-state index is -0.303. The van der Waals surface area contributed by atoms with Crippen molar-refractivity contribution in [1.29, 1.82) is 0 Å². The molecule has 1 rings (SSSR count). The molecular formula is C14H22FN3O2. The first kappa shape index (κ1) is 16.4. The molecule has 0 aromatic heterocycles. The third-order valence-electron chi connectivity index (χ3n) is 2.86. The number of rotatable bonds is 8. The van der Waals surface area contributed by atoms with E-state index in [1.165, 1.54) is 13.0 Å². The lowest BCUT2D eigenvalue weighted by atomic mass is 10.1. The smallest absolute Gasteiger partial charge is 0.216 e. The predicted molar refractivity (Wildman–Crippen MR) is 77.1 cm³/mol. The largest absolute Gasteiger partial charge is 0.395 e. The van der Waals surface area contributed by atoms with Gasteiger partial charge in [0.15, 0.2) is 0 Å². The van der Waals surface area contributed by atoms with E-state index in [-0.39, 0.29) is 18.3 Å². The Hall–Kier alpha value is -1.66. The number of carbonyl (C=O) groups excluding carboxylic acids is 1. The summed E-state index contributed by atoms with van der Waals surface area (Å²) in [5, 5.41) is 14.8. The third-order valence-corrected chi connectivity index (χ3v) is 2.86. The summed E-state index contributed by atoms with van der Waals surface area (Å²) in [6, 6.07) is 4.90. The van der Waals surface area contributed by atoms with Crippen molar-refractivity contribution >= 4 is 11.6 Å². The highest BCUT2D eigenvalue weighted by molar-refractivity contribution is 5.72. The Morgan fingerprint density at radius 3 is 2.80 bits per heavy atom. The summed E-state index contributed by atoms with van der Waals surface area (Å²) in [5.74, 6) is -0.357. The Balaban J connectivity index is 2.50. The van der Waals surface area contributed by atoms with E-state index in [9.17, 15) is 9.18 Å². The molecule has 1 aromatic rings. The fraction of sp³-hybridized carbons (Fsp3) is 0.500. The van der Waals surface area contributed by atoms with Gasteiger partial charge in [-0.25, -0.2) is 4.39 Å². The van der Waals surface area contributed by atoms with Gasteiger partial charge in [0.25, 0.3) is 0 Å². The first-order chi connectivity index (χ1) is 9.54. The molecule has 0 radical (unpaired) electrons. The van der Waals surface area contributed by atoms with Gasteiger partial charge in [0, 0.05) is 40.2 Å². The van der Waals surface area contributed by atoms with Gasteiger partial charge >= 0.3 is 0 Å². The zero-order valence-electron chi connectivity index (χ0n) is 11.9. The second-order valence-electron chi connectivity index (χ2n) is 4.59. The fourth-order valence-corrected chi connectivity index (χ4v) is 1.79. The molecule has 0 aliphatic carbocycles. The SMILES string of the molecule is CC(=O)NCCNCc1ccc(F)c(N(C)CCO)c1. The van der Waals surface area contributed by atoms with Crippen LogP contribution < -0.4 is 15.5 Å². The monoisotopic (exact) mass is 283 g/mol. The maximum absolute atomic E-state index is 13.7. The number of anilines is 1. The average Bonchev–Trinajstić information content (AvgIpc) is 2.40. The third kappa shape index (κ3) is 5.54. The molecule has 5 nitrogen and oxygen atoms in total. The lowest BCUT2D eigenvalue weighted by molar-refractivity contribution is -0.118. The van der Waals surface area contributed by atoms with Crippen LogP contribution in [-0.2, 0) is 11.3 Å². The second-order valence-corrected chi connectivity index (χ2v) is 4.59. The normalized spacial score (nSPS) is 10.4. The quantitative estimate of drug-likeness (QED) is 0.607. The molecule has 0 aliphatic rings. The van der Waals surface area contributed by atoms with Crippen molar-refractivity contribution in [2.75, 3.05) is 38.2 Å². The molecule has 20 heavy (non-hydrogen) atoms. The van der Waals surface area contributed by atoms with E-state index < -0.39 is 0 Å². The highest BCUT2D eigenvalue weighted by atomic mass is 19.1. The van der Waals surface area contributed by atoms with Crippen LogP contribution in [0.15, 0.2) is 18.2 Å². The molecule has 1 aromatic carbocycles. The molecule has 0 atom stereocenters. The number of halogens is 1. The zero-order chi connectivity index (χ0) is 15.0. The molecule has 1 amide bonds. The van der Waals surface area contributed by atoms with E-state index in [0.29, 0.717) is 31.9 Å². The number of nitrogens with zero attached hydrogens (tertiary/aromatic N) is 1. The minimum absolute atomic E-state index is 0.0187. The van der Waals surface area contributed by atoms with Crippen molar-refractivity contribution in [3.05, 3.63) is 29.6 Å². The minimum Gasteiger partial charge on any atom is -0.395 e. The molecule has 0 aliphatic heterocycles. The van der Waals surface area contributed by atoms with Gasteiger partial charge in [-0.05, 0) is 17.7 Å². The number of amides is 1. The van der Waals surface area contributed by atoms with E-state index in [0.717, 1.165) is 5.56 Å². The van der Waals surface area contributed by atoms with Crippen molar-refractivity contribution in [2.45, 2.75) is 13.5 Å². The molecule has 6 heteroatoms. The summed E-state index contributed by atoms with van der Waals surface area (Å²) in [5.41, 5.74) is 1.43. The van der Waals surface area contributed by atoms with Crippen LogP contribution in [0.1, 0.15) is 12.5 Å². The molecule has 0 fully saturated rings. The molecule has 0 unspecified atom stereocenters. The summed E-state index contributed by atoms with van der Waals surface area (Å²) >= 11 is 0. The van der Waals surface area contributed by atoms with Crippen LogP contribution in [0.4, 0.5) is 10.1 Å². The topological polar surface area (TPSA) is 64.6 Å². The molecule has 0 bridgehead atoms. The number of aliphatic hydroxyl groups is 1. The van der Waals surface area contributed by atoms with E-state index in [4.69, 9.17) is 5.11 Å². The van der Waals surface area contributed by atoms with Crippen LogP contribution in [0, 0.1) is 5.82 Å². The molecule has 0 saturated heterocycles. The van der Waals surface area contributed by atoms with Crippen molar-refractivity contribution < 1.29 is 14.3 Å². The van der Waals surface area contributed by atoms with Crippen LogP contribution in [-0.4, -0.2) is 44.3 Å². The van der Waals surface area contributed by atoms with Gasteiger partial charge in [-0.2, -0.15) is 0 Å². The predicted octanol–water partition coefficient (Wildman–Crippen LogP) is 0.480. The molecular weight excluding hydrogens is 261 g/mol. The molecule has 3 N–H and O–H groups in total. The maximum Gasteiger partial charge on any atom is 0.216 e. The summed E-state index contributed by atoms with van der Waals surface area (Å²) < 4.78 is 13.7. The number of hydrogen-bond acceptors (Lipinski definition) is 4. The van der Waals surface area contributed by atoms with Crippen molar-refractivity contribution in [2.24, 2.45) is 0 Å². The molecule has 0 saturated carbocycles. The number of nitrogens with one attached hydrogen (secondary N) is 2. The van der Waals surface area contributed by atoms with E-state index >= 15 is 0 Å². The highest BCUT2D eigenvalue weighted by Gasteiger charge is 2.08. The number of hydrogen-bond donors (Lipinski definition) is 3. The number of carbonyl (C=O) groups is 1. The number of benzene rings is 1. The second kappa shape index (κ2) is 8.50. The lowest BCUT2D eigenvalue weighted by Crippen LogP contribution is -2.30. The van der Waals surface area contributed by atoms with Crippen LogP contribution in [0.25, 0.3) is 0 Å².